The Hall–Kier alpha value is -3.63. The molecular formula is C15H16N8O3. The van der Waals surface area contributed by atoms with Gasteiger partial charge in [-0.1, -0.05) is 19.0 Å². The number of nitrogens with one attached hydrogen (secondary N) is 1. The van der Waals surface area contributed by atoms with Gasteiger partial charge in [-0.2, -0.15) is 9.97 Å². The van der Waals surface area contributed by atoms with Gasteiger partial charge in [0.05, 0.1) is 4.92 Å². The summed E-state index contributed by atoms with van der Waals surface area (Å²) in [6, 6.07) is 3.14. The molecule has 0 aromatic carbocycles. The maximum Gasteiger partial charge on any atom is 0.329 e. The lowest BCUT2D eigenvalue weighted by Gasteiger charge is -2.18. The fourth-order valence-corrected chi connectivity index (χ4v) is 2.23. The van der Waals surface area contributed by atoms with Gasteiger partial charge >= 0.3 is 5.69 Å². The molecule has 1 atom stereocenters. The van der Waals surface area contributed by atoms with Crippen LogP contribution >= 0.6 is 0 Å². The van der Waals surface area contributed by atoms with Crippen molar-refractivity contribution in [3.63, 3.8) is 0 Å². The molecule has 0 saturated carbocycles. The first-order valence-electron chi connectivity index (χ1n) is 7.73. The van der Waals surface area contributed by atoms with Crippen molar-refractivity contribution < 1.29 is 9.45 Å². The van der Waals surface area contributed by atoms with Gasteiger partial charge in [-0.15, -0.1) is 0 Å². The van der Waals surface area contributed by atoms with Crippen molar-refractivity contribution in [2.75, 3.05) is 11.1 Å². The number of pyridine rings is 1. The SMILES string of the molecule is CC(C)C(Nc1ncc([N+](=O)[O-])c(N)n1)c1nc(-c2ccncc2)no1. The highest BCUT2D eigenvalue weighted by Gasteiger charge is 2.25. The number of nitrogens with zero attached hydrogens (tertiary/aromatic N) is 6. The van der Waals surface area contributed by atoms with E-state index in [0.29, 0.717) is 11.7 Å². The highest BCUT2D eigenvalue weighted by molar-refractivity contribution is 5.54. The third-order valence-corrected chi connectivity index (χ3v) is 3.59. The number of hydrogen-bond donors (Lipinski definition) is 2. The van der Waals surface area contributed by atoms with E-state index in [1.54, 1.807) is 24.5 Å². The molecule has 3 aromatic rings. The number of hydrogen-bond acceptors (Lipinski definition) is 10. The molecule has 3 aromatic heterocycles. The third kappa shape index (κ3) is 3.55. The lowest BCUT2D eigenvalue weighted by atomic mass is 10.0. The molecule has 0 spiro atoms. The van der Waals surface area contributed by atoms with E-state index in [0.717, 1.165) is 11.8 Å². The highest BCUT2D eigenvalue weighted by atomic mass is 16.6. The van der Waals surface area contributed by atoms with Crippen LogP contribution in [0, 0.1) is 16.0 Å². The number of anilines is 2. The number of nitrogen functional groups attached to an aromatic ring is 1. The van der Waals surface area contributed by atoms with Crippen LogP contribution in [0.5, 0.6) is 0 Å². The van der Waals surface area contributed by atoms with Gasteiger partial charge in [0, 0.05) is 18.0 Å². The van der Waals surface area contributed by atoms with Gasteiger partial charge in [-0.3, -0.25) is 15.1 Å². The second-order valence-electron chi connectivity index (χ2n) is 5.78. The maximum atomic E-state index is 10.8. The molecule has 0 radical (unpaired) electrons. The monoisotopic (exact) mass is 356 g/mol. The van der Waals surface area contributed by atoms with Gasteiger partial charge in [-0.25, -0.2) is 4.98 Å². The summed E-state index contributed by atoms with van der Waals surface area (Å²) < 4.78 is 5.37. The normalized spacial score (nSPS) is 12.1. The molecule has 0 bridgehead atoms. The Balaban J connectivity index is 1.85. The zero-order chi connectivity index (χ0) is 18.7. The Labute approximate surface area is 147 Å². The van der Waals surface area contributed by atoms with Crippen LogP contribution in [0.2, 0.25) is 0 Å². The van der Waals surface area contributed by atoms with Gasteiger partial charge < -0.3 is 15.6 Å². The fourth-order valence-electron chi connectivity index (χ4n) is 2.23. The van der Waals surface area contributed by atoms with Gasteiger partial charge in [0.1, 0.15) is 12.2 Å². The molecular weight excluding hydrogens is 340 g/mol. The standard InChI is InChI=1S/C15H16N8O3/c1-8(2)11(19-15-18-7-10(23(24)25)12(16)20-15)14-21-13(22-26-14)9-3-5-17-6-4-9/h3-8,11H,1-2H3,(H3,16,18,19,20). The van der Waals surface area contributed by atoms with Gasteiger partial charge in [-0.05, 0) is 18.1 Å². The Kier molecular flexibility index (Phi) is 4.69. The van der Waals surface area contributed by atoms with E-state index in [1.807, 2.05) is 13.8 Å². The Morgan fingerprint density at radius 3 is 2.62 bits per heavy atom. The molecule has 3 heterocycles. The third-order valence-electron chi connectivity index (χ3n) is 3.59. The van der Waals surface area contributed by atoms with Crippen molar-refractivity contribution >= 4 is 17.5 Å². The lowest BCUT2D eigenvalue weighted by molar-refractivity contribution is -0.384. The van der Waals surface area contributed by atoms with Crippen LogP contribution in [0.3, 0.4) is 0 Å². The molecule has 1 unspecified atom stereocenters. The van der Waals surface area contributed by atoms with Crippen LogP contribution in [-0.4, -0.2) is 30.0 Å². The number of rotatable bonds is 6. The zero-order valence-corrected chi connectivity index (χ0v) is 14.0. The average molecular weight is 356 g/mol. The predicted molar refractivity (Wildman–Crippen MR) is 91.8 cm³/mol. The summed E-state index contributed by atoms with van der Waals surface area (Å²) in [5.74, 6) is 0.723. The van der Waals surface area contributed by atoms with Crippen molar-refractivity contribution in [3.05, 3.63) is 46.7 Å². The second kappa shape index (κ2) is 7.09. The van der Waals surface area contributed by atoms with Crippen LogP contribution in [0.15, 0.2) is 35.2 Å². The summed E-state index contributed by atoms with van der Waals surface area (Å²) in [4.78, 5) is 26.4. The zero-order valence-electron chi connectivity index (χ0n) is 14.0. The first-order valence-corrected chi connectivity index (χ1v) is 7.73. The van der Waals surface area contributed by atoms with E-state index in [-0.39, 0.29) is 23.4 Å². The minimum absolute atomic E-state index is 0.0424. The minimum Gasteiger partial charge on any atom is -0.378 e. The van der Waals surface area contributed by atoms with E-state index < -0.39 is 11.0 Å². The number of aromatic nitrogens is 5. The van der Waals surface area contributed by atoms with E-state index >= 15 is 0 Å². The predicted octanol–water partition coefficient (Wildman–Crippen LogP) is 2.22. The van der Waals surface area contributed by atoms with E-state index in [1.165, 1.54) is 0 Å². The first kappa shape index (κ1) is 17.2. The summed E-state index contributed by atoms with van der Waals surface area (Å²) in [5.41, 5.74) is 6.02. The smallest absolute Gasteiger partial charge is 0.329 e. The van der Waals surface area contributed by atoms with Crippen molar-refractivity contribution in [1.82, 2.24) is 25.1 Å². The molecule has 3 N–H and O–H groups in total. The van der Waals surface area contributed by atoms with Crippen LogP contribution in [0.4, 0.5) is 17.5 Å². The summed E-state index contributed by atoms with van der Waals surface area (Å²) in [5, 5.41) is 17.8. The van der Waals surface area contributed by atoms with Crippen molar-refractivity contribution in [1.29, 1.82) is 0 Å². The molecule has 0 amide bonds. The molecule has 0 fully saturated rings. The summed E-state index contributed by atoms with van der Waals surface area (Å²) in [6.45, 7) is 3.89. The topological polar surface area (TPSA) is 159 Å². The second-order valence-corrected chi connectivity index (χ2v) is 5.78. The van der Waals surface area contributed by atoms with Crippen molar-refractivity contribution in [2.45, 2.75) is 19.9 Å². The fraction of sp³-hybridized carbons (Fsp3) is 0.267. The molecule has 11 heteroatoms. The van der Waals surface area contributed by atoms with Crippen molar-refractivity contribution in [2.24, 2.45) is 5.92 Å². The Morgan fingerprint density at radius 1 is 1.27 bits per heavy atom. The van der Waals surface area contributed by atoms with E-state index in [9.17, 15) is 10.1 Å². The van der Waals surface area contributed by atoms with Crippen LogP contribution in [0.1, 0.15) is 25.8 Å². The Morgan fingerprint density at radius 2 is 2.00 bits per heavy atom. The lowest BCUT2D eigenvalue weighted by Crippen LogP contribution is -2.19. The Bertz CT molecular complexity index is 912. The highest BCUT2D eigenvalue weighted by Crippen LogP contribution is 2.27. The summed E-state index contributed by atoms with van der Waals surface area (Å²) in [6.07, 6.45) is 4.33. The molecule has 26 heavy (non-hydrogen) atoms. The maximum absolute atomic E-state index is 10.8. The molecule has 0 aliphatic heterocycles. The first-order chi connectivity index (χ1) is 12.5. The molecule has 0 aliphatic rings. The van der Waals surface area contributed by atoms with Gasteiger partial charge in [0.15, 0.2) is 0 Å². The van der Waals surface area contributed by atoms with Crippen LogP contribution in [-0.2, 0) is 0 Å². The molecule has 134 valence electrons. The summed E-state index contributed by atoms with van der Waals surface area (Å²) >= 11 is 0. The molecule has 0 aliphatic carbocycles. The van der Waals surface area contributed by atoms with Crippen molar-refractivity contribution in [3.8, 4) is 11.4 Å². The van der Waals surface area contributed by atoms with Gasteiger partial charge in [0.2, 0.25) is 23.5 Å². The minimum atomic E-state index is -0.641. The quantitative estimate of drug-likeness (QED) is 0.495. The molecule has 3 rings (SSSR count). The number of nitrogens with two attached hydrogens (primary N) is 1. The molecule has 11 nitrogen and oxygen atoms in total. The largest absolute Gasteiger partial charge is 0.378 e. The summed E-state index contributed by atoms with van der Waals surface area (Å²) in [7, 11) is 0. The van der Waals surface area contributed by atoms with Crippen LogP contribution < -0.4 is 11.1 Å². The van der Waals surface area contributed by atoms with Gasteiger partial charge in [0.25, 0.3) is 0 Å². The van der Waals surface area contributed by atoms with Crippen LogP contribution in [0.25, 0.3) is 11.4 Å². The van der Waals surface area contributed by atoms with E-state index in [2.05, 4.69) is 30.4 Å². The molecule has 0 saturated heterocycles. The average Bonchev–Trinajstić information content (AvgIpc) is 3.09. The number of nitro groups is 1. The van der Waals surface area contributed by atoms with E-state index in [4.69, 9.17) is 10.3 Å².